The summed E-state index contributed by atoms with van der Waals surface area (Å²) in [6.45, 7) is 2.07. The van der Waals surface area contributed by atoms with Crippen LogP contribution in [0.5, 0.6) is 0 Å². The Morgan fingerprint density at radius 2 is 2.24 bits per heavy atom. The molecule has 4 heteroatoms. The molecule has 0 bridgehead atoms. The average molecular weight is 244 g/mol. The van der Waals surface area contributed by atoms with E-state index < -0.39 is 0 Å². The van der Waals surface area contributed by atoms with E-state index in [1.807, 2.05) is 23.6 Å². The molecule has 2 heterocycles. The van der Waals surface area contributed by atoms with E-state index in [1.165, 1.54) is 0 Å². The van der Waals surface area contributed by atoms with Gasteiger partial charge in [-0.05, 0) is 19.1 Å². The lowest BCUT2D eigenvalue weighted by molar-refractivity contribution is 0.526. The zero-order valence-electron chi connectivity index (χ0n) is 9.38. The molecule has 1 aromatic carbocycles. The van der Waals surface area contributed by atoms with Crippen LogP contribution in [0.25, 0.3) is 11.0 Å². The maximum absolute atomic E-state index is 5.79. The number of thiazole rings is 1. The Labute approximate surface area is 103 Å². The number of hydrogen-bond acceptors (Lipinski definition) is 4. The molecule has 1 N–H and O–H groups in total. The molecule has 0 aliphatic heterocycles. The number of furan rings is 1. The largest absolute Gasteiger partial charge is 0.459 e. The van der Waals surface area contributed by atoms with E-state index in [9.17, 15) is 0 Å². The maximum atomic E-state index is 5.79. The number of para-hydroxylation sites is 1. The molecule has 0 spiro atoms. The lowest BCUT2D eigenvalue weighted by Gasteiger charge is -2.09. The molecule has 1 atom stereocenters. The Hall–Kier alpha value is -1.81. The first-order valence-corrected chi connectivity index (χ1v) is 6.35. The third-order valence-electron chi connectivity index (χ3n) is 2.64. The van der Waals surface area contributed by atoms with Crippen LogP contribution in [0.2, 0.25) is 0 Å². The van der Waals surface area contributed by atoms with Crippen molar-refractivity contribution in [2.24, 2.45) is 0 Å². The summed E-state index contributed by atoms with van der Waals surface area (Å²) in [5.74, 6) is 0.932. The van der Waals surface area contributed by atoms with E-state index in [2.05, 4.69) is 29.4 Å². The number of rotatable bonds is 3. The van der Waals surface area contributed by atoms with Crippen LogP contribution in [-0.4, -0.2) is 4.98 Å². The lowest BCUT2D eigenvalue weighted by atomic mass is 10.2. The highest BCUT2D eigenvalue weighted by molar-refractivity contribution is 7.13. The van der Waals surface area contributed by atoms with Crippen molar-refractivity contribution < 1.29 is 4.42 Å². The predicted molar refractivity (Wildman–Crippen MR) is 70.4 cm³/mol. The van der Waals surface area contributed by atoms with E-state index in [1.54, 1.807) is 17.5 Å². The van der Waals surface area contributed by atoms with Crippen LogP contribution in [0.1, 0.15) is 18.7 Å². The topological polar surface area (TPSA) is 38.1 Å². The van der Waals surface area contributed by atoms with Gasteiger partial charge in [-0.3, -0.25) is 0 Å². The van der Waals surface area contributed by atoms with Gasteiger partial charge in [-0.1, -0.05) is 18.2 Å². The molecule has 0 amide bonds. The van der Waals surface area contributed by atoms with Gasteiger partial charge in [0.05, 0.1) is 6.04 Å². The zero-order valence-corrected chi connectivity index (χ0v) is 10.2. The molecular formula is C13H12N2OS. The van der Waals surface area contributed by atoms with Crippen LogP contribution in [0.15, 0.2) is 46.3 Å². The molecule has 1 unspecified atom stereocenters. The van der Waals surface area contributed by atoms with Crippen LogP contribution in [-0.2, 0) is 0 Å². The van der Waals surface area contributed by atoms with Gasteiger partial charge in [0.2, 0.25) is 0 Å². The molecule has 3 rings (SSSR count). The number of benzene rings is 1. The Morgan fingerprint density at radius 1 is 1.35 bits per heavy atom. The number of aromatic nitrogens is 1. The van der Waals surface area contributed by atoms with E-state index >= 15 is 0 Å². The molecule has 3 aromatic rings. The van der Waals surface area contributed by atoms with Crippen molar-refractivity contribution in [3.05, 3.63) is 47.7 Å². The molecule has 0 aliphatic carbocycles. The third-order valence-corrected chi connectivity index (χ3v) is 3.35. The fraction of sp³-hybridized carbons (Fsp3) is 0.154. The molecule has 0 saturated carbocycles. The summed E-state index contributed by atoms with van der Waals surface area (Å²) < 4.78 is 5.79. The second-order valence-electron chi connectivity index (χ2n) is 3.89. The number of hydrogen-bond donors (Lipinski definition) is 1. The van der Waals surface area contributed by atoms with Crippen LogP contribution >= 0.6 is 11.3 Å². The van der Waals surface area contributed by atoms with Gasteiger partial charge >= 0.3 is 0 Å². The quantitative estimate of drug-likeness (QED) is 0.755. The minimum absolute atomic E-state index is 0.119. The first-order chi connectivity index (χ1) is 8.33. The monoisotopic (exact) mass is 244 g/mol. The minimum atomic E-state index is 0.119. The summed E-state index contributed by atoms with van der Waals surface area (Å²) >= 11 is 1.59. The normalized spacial score (nSPS) is 12.8. The summed E-state index contributed by atoms with van der Waals surface area (Å²) in [5.41, 5.74) is 0.926. The van der Waals surface area contributed by atoms with Gasteiger partial charge in [-0.2, -0.15) is 0 Å². The van der Waals surface area contributed by atoms with E-state index in [0.29, 0.717) is 0 Å². The highest BCUT2D eigenvalue weighted by Gasteiger charge is 2.11. The van der Waals surface area contributed by atoms with E-state index in [0.717, 1.165) is 21.9 Å². The van der Waals surface area contributed by atoms with Gasteiger partial charge in [-0.15, -0.1) is 11.3 Å². The Balaban J connectivity index is 1.88. The fourth-order valence-corrected chi connectivity index (χ4v) is 2.38. The van der Waals surface area contributed by atoms with Crippen LogP contribution in [0, 0.1) is 0 Å². The maximum Gasteiger partial charge on any atom is 0.183 e. The van der Waals surface area contributed by atoms with Gasteiger partial charge in [0.15, 0.2) is 5.13 Å². The van der Waals surface area contributed by atoms with E-state index in [-0.39, 0.29) is 6.04 Å². The van der Waals surface area contributed by atoms with Crippen LogP contribution < -0.4 is 5.32 Å². The molecule has 2 aromatic heterocycles. The molecule has 17 heavy (non-hydrogen) atoms. The average Bonchev–Trinajstić information content (AvgIpc) is 2.96. The van der Waals surface area contributed by atoms with Gasteiger partial charge in [-0.25, -0.2) is 4.98 Å². The number of anilines is 1. The Bertz CT molecular complexity index is 582. The molecule has 0 aliphatic rings. The van der Waals surface area contributed by atoms with Crippen molar-refractivity contribution in [3.63, 3.8) is 0 Å². The first-order valence-electron chi connectivity index (χ1n) is 5.47. The van der Waals surface area contributed by atoms with Gasteiger partial charge in [0.25, 0.3) is 0 Å². The number of nitrogens with zero attached hydrogens (tertiary/aromatic N) is 1. The summed E-state index contributed by atoms with van der Waals surface area (Å²) in [7, 11) is 0. The van der Waals surface area contributed by atoms with Crippen molar-refractivity contribution in [1.82, 2.24) is 4.98 Å². The Kier molecular flexibility index (Phi) is 2.57. The number of nitrogens with one attached hydrogen (secondary N) is 1. The van der Waals surface area contributed by atoms with Crippen molar-refractivity contribution in [1.29, 1.82) is 0 Å². The minimum Gasteiger partial charge on any atom is -0.459 e. The fourth-order valence-electron chi connectivity index (χ4n) is 1.77. The molecule has 0 radical (unpaired) electrons. The lowest BCUT2D eigenvalue weighted by Crippen LogP contribution is -2.04. The first kappa shape index (κ1) is 10.4. The smallest absolute Gasteiger partial charge is 0.183 e. The molecule has 86 valence electrons. The second kappa shape index (κ2) is 4.22. The van der Waals surface area contributed by atoms with Crippen molar-refractivity contribution in [2.75, 3.05) is 5.32 Å². The zero-order chi connectivity index (χ0) is 11.7. The molecule has 0 fully saturated rings. The van der Waals surface area contributed by atoms with Gasteiger partial charge < -0.3 is 9.73 Å². The summed E-state index contributed by atoms with van der Waals surface area (Å²) in [5, 5.41) is 7.31. The SMILES string of the molecule is CC(Nc1nccs1)c1cc2ccccc2o1. The summed E-state index contributed by atoms with van der Waals surface area (Å²) in [6.07, 6.45) is 1.79. The van der Waals surface area contributed by atoms with Gasteiger partial charge in [0, 0.05) is 17.0 Å². The highest BCUT2D eigenvalue weighted by Crippen LogP contribution is 2.26. The predicted octanol–water partition coefficient (Wildman–Crippen LogP) is 4.06. The Morgan fingerprint density at radius 3 is 3.00 bits per heavy atom. The summed E-state index contributed by atoms with van der Waals surface area (Å²) in [6, 6.07) is 10.2. The molecular weight excluding hydrogens is 232 g/mol. The van der Waals surface area contributed by atoms with Crippen LogP contribution in [0.4, 0.5) is 5.13 Å². The summed E-state index contributed by atoms with van der Waals surface area (Å²) in [4.78, 5) is 4.20. The van der Waals surface area contributed by atoms with Crippen molar-refractivity contribution in [3.8, 4) is 0 Å². The number of fused-ring (bicyclic) bond motifs is 1. The van der Waals surface area contributed by atoms with E-state index in [4.69, 9.17) is 4.42 Å². The van der Waals surface area contributed by atoms with Crippen molar-refractivity contribution in [2.45, 2.75) is 13.0 Å². The highest BCUT2D eigenvalue weighted by atomic mass is 32.1. The second-order valence-corrected chi connectivity index (χ2v) is 4.78. The molecule has 0 saturated heterocycles. The van der Waals surface area contributed by atoms with Gasteiger partial charge in [0.1, 0.15) is 11.3 Å². The third kappa shape index (κ3) is 2.03. The molecule has 3 nitrogen and oxygen atoms in total. The standard InChI is InChI=1S/C13H12N2OS/c1-9(15-13-14-6-7-17-13)12-8-10-4-2-3-5-11(10)16-12/h2-9H,1H3,(H,14,15). The van der Waals surface area contributed by atoms with Crippen LogP contribution in [0.3, 0.4) is 0 Å². The van der Waals surface area contributed by atoms with Crippen molar-refractivity contribution >= 4 is 27.4 Å².